The van der Waals surface area contributed by atoms with Crippen molar-refractivity contribution >= 4 is 75.7 Å². The van der Waals surface area contributed by atoms with E-state index in [-0.39, 0.29) is 0 Å². The van der Waals surface area contributed by atoms with Crippen molar-refractivity contribution in [2.75, 3.05) is 0 Å². The molecule has 0 aliphatic heterocycles. The molecule has 0 spiro atoms. The second-order valence-electron chi connectivity index (χ2n) is 15.8. The molecule has 0 unspecified atom stereocenters. The van der Waals surface area contributed by atoms with Crippen molar-refractivity contribution in [1.82, 2.24) is 4.57 Å². The van der Waals surface area contributed by atoms with Crippen molar-refractivity contribution in [3.05, 3.63) is 212 Å². The number of hydrogen-bond acceptors (Lipinski definition) is 0. The zero-order valence-electron chi connectivity index (χ0n) is 32.8. The van der Waals surface area contributed by atoms with Crippen LogP contribution in [0, 0.1) is 0 Å². The normalized spacial score (nSPS) is 11.9. The first-order chi connectivity index (χ1) is 29.3. The van der Waals surface area contributed by atoms with Gasteiger partial charge in [0.05, 0.1) is 16.7 Å². The summed E-state index contributed by atoms with van der Waals surface area (Å²) in [5, 5.41) is 15.2. The van der Waals surface area contributed by atoms with E-state index in [9.17, 15) is 0 Å². The number of nitrogens with zero attached hydrogens (tertiary/aromatic N) is 1. The highest BCUT2D eigenvalue weighted by Gasteiger charge is 2.22. The molecule has 0 radical (unpaired) electrons. The molecule has 11 aromatic carbocycles. The monoisotopic (exact) mass is 749 g/mol. The fraction of sp³-hybridized carbons (Fsp3) is 0.0345. The van der Waals surface area contributed by atoms with E-state index in [1.165, 1.54) is 120 Å². The maximum absolute atomic E-state index is 2.52. The molecule has 0 atom stereocenters. The second kappa shape index (κ2) is 13.3. The van der Waals surface area contributed by atoms with Crippen LogP contribution in [-0.4, -0.2) is 4.57 Å². The molecule has 1 heterocycles. The Hall–Kier alpha value is -7.48. The van der Waals surface area contributed by atoms with Gasteiger partial charge < -0.3 is 4.57 Å². The Morgan fingerprint density at radius 2 is 0.881 bits per heavy atom. The minimum Gasteiger partial charge on any atom is -0.309 e. The first-order valence-corrected chi connectivity index (χ1v) is 20.7. The molecule has 1 nitrogen and oxygen atoms in total. The summed E-state index contributed by atoms with van der Waals surface area (Å²) >= 11 is 0. The highest BCUT2D eigenvalue weighted by atomic mass is 15.0. The van der Waals surface area contributed by atoms with Gasteiger partial charge in [-0.3, -0.25) is 0 Å². The van der Waals surface area contributed by atoms with Gasteiger partial charge in [-0.1, -0.05) is 189 Å². The van der Waals surface area contributed by atoms with Crippen molar-refractivity contribution < 1.29 is 0 Å². The van der Waals surface area contributed by atoms with Crippen molar-refractivity contribution in [3.8, 4) is 39.1 Å². The first kappa shape index (κ1) is 33.6. The number of benzene rings is 11. The van der Waals surface area contributed by atoms with Gasteiger partial charge in [0.1, 0.15) is 0 Å². The summed E-state index contributed by atoms with van der Waals surface area (Å²) in [7, 11) is 0. The van der Waals surface area contributed by atoms with Crippen molar-refractivity contribution in [2.24, 2.45) is 0 Å². The Morgan fingerprint density at radius 1 is 0.339 bits per heavy atom. The summed E-state index contributed by atoms with van der Waals surface area (Å²) in [4.78, 5) is 0. The maximum atomic E-state index is 2.52. The summed E-state index contributed by atoms with van der Waals surface area (Å²) in [6.45, 7) is 2.25. The molecule has 12 rings (SSSR count). The largest absolute Gasteiger partial charge is 0.309 e. The van der Waals surface area contributed by atoms with Crippen LogP contribution in [0.4, 0.5) is 0 Å². The third-order valence-corrected chi connectivity index (χ3v) is 12.8. The fourth-order valence-corrected chi connectivity index (χ4v) is 10.2. The predicted molar refractivity (Wildman–Crippen MR) is 254 cm³/mol. The van der Waals surface area contributed by atoms with Crippen molar-refractivity contribution in [1.29, 1.82) is 0 Å². The second-order valence-corrected chi connectivity index (χ2v) is 15.8. The predicted octanol–water partition coefficient (Wildman–Crippen LogP) is 16.1. The number of rotatable bonds is 5. The molecule has 0 amide bonds. The van der Waals surface area contributed by atoms with E-state index in [0.717, 1.165) is 6.42 Å². The van der Waals surface area contributed by atoms with Gasteiger partial charge in [0, 0.05) is 16.2 Å². The third kappa shape index (κ3) is 5.05. The average Bonchev–Trinajstić information content (AvgIpc) is 3.66. The van der Waals surface area contributed by atoms with Gasteiger partial charge in [0.2, 0.25) is 0 Å². The van der Waals surface area contributed by atoms with Gasteiger partial charge >= 0.3 is 0 Å². The van der Waals surface area contributed by atoms with E-state index in [1.54, 1.807) is 0 Å². The van der Waals surface area contributed by atoms with Crippen LogP contribution in [0.5, 0.6) is 0 Å². The molecule has 0 aliphatic carbocycles. The van der Waals surface area contributed by atoms with Crippen LogP contribution in [0.2, 0.25) is 0 Å². The molecule has 0 aliphatic rings. The van der Waals surface area contributed by atoms with Crippen LogP contribution in [0.25, 0.3) is 115 Å². The van der Waals surface area contributed by atoms with Crippen LogP contribution in [0.15, 0.2) is 206 Å². The van der Waals surface area contributed by atoms with Gasteiger partial charge in [-0.15, -0.1) is 0 Å². The van der Waals surface area contributed by atoms with E-state index < -0.39 is 0 Å². The highest BCUT2D eigenvalue weighted by molar-refractivity contribution is 6.29. The van der Waals surface area contributed by atoms with E-state index in [1.807, 2.05) is 0 Å². The molecule has 1 aromatic heterocycles. The topological polar surface area (TPSA) is 4.93 Å². The number of aromatic nitrogens is 1. The lowest BCUT2D eigenvalue weighted by atomic mass is 9.83. The Kier molecular flexibility index (Phi) is 7.58. The maximum Gasteiger partial charge on any atom is 0.0548 e. The van der Waals surface area contributed by atoms with Gasteiger partial charge in [0.15, 0.2) is 0 Å². The standard InChI is InChI=1S/C58H39N/c1-2-37-16-6-9-21-42(37)41-28-31-50-51(36-41)55(40-19-4-3-5-20-40)47-26-14-15-27-48(47)56(50)49-32-35-52(46-25-13-12-24-45(46)49)59-53-33-29-38-17-7-10-22-43(38)57(53)58-44-23-11-8-18-39(44)30-34-54(58)59/h3-36H,2H2,1H3. The molecular weight excluding hydrogens is 711 g/mol. The quantitative estimate of drug-likeness (QED) is 0.154. The lowest BCUT2D eigenvalue weighted by Crippen LogP contribution is -1.97. The molecule has 0 bridgehead atoms. The Bertz CT molecular complexity index is 3550. The average molecular weight is 750 g/mol. The lowest BCUT2D eigenvalue weighted by Gasteiger charge is -2.21. The van der Waals surface area contributed by atoms with E-state index in [4.69, 9.17) is 0 Å². The smallest absolute Gasteiger partial charge is 0.0548 e. The fourth-order valence-electron chi connectivity index (χ4n) is 10.2. The molecule has 59 heavy (non-hydrogen) atoms. The van der Waals surface area contributed by atoms with Crippen molar-refractivity contribution in [2.45, 2.75) is 13.3 Å². The number of hydrogen-bond donors (Lipinski definition) is 0. The minimum absolute atomic E-state index is 0.986. The summed E-state index contributed by atoms with van der Waals surface area (Å²) in [5.41, 5.74) is 12.6. The van der Waals surface area contributed by atoms with E-state index in [0.29, 0.717) is 0 Å². The Labute approximate surface area is 343 Å². The van der Waals surface area contributed by atoms with E-state index >= 15 is 0 Å². The molecular formula is C58H39N. The highest BCUT2D eigenvalue weighted by Crippen LogP contribution is 2.48. The summed E-state index contributed by atoms with van der Waals surface area (Å²) in [6, 6.07) is 76.7. The summed E-state index contributed by atoms with van der Waals surface area (Å²) < 4.78 is 2.52. The Balaban J connectivity index is 1.19. The molecule has 0 saturated carbocycles. The van der Waals surface area contributed by atoms with Crippen LogP contribution in [0.3, 0.4) is 0 Å². The van der Waals surface area contributed by atoms with Crippen LogP contribution in [-0.2, 0) is 6.42 Å². The summed E-state index contributed by atoms with van der Waals surface area (Å²) in [5.74, 6) is 0. The number of aryl methyl sites for hydroxylation is 1. The molecule has 276 valence electrons. The molecule has 0 fully saturated rings. The third-order valence-electron chi connectivity index (χ3n) is 12.8. The first-order valence-electron chi connectivity index (χ1n) is 20.7. The number of fused-ring (bicyclic) bond motifs is 10. The summed E-state index contributed by atoms with van der Waals surface area (Å²) in [6.07, 6.45) is 0.986. The van der Waals surface area contributed by atoms with Crippen LogP contribution in [0.1, 0.15) is 12.5 Å². The minimum atomic E-state index is 0.986. The van der Waals surface area contributed by atoms with Crippen LogP contribution >= 0.6 is 0 Å². The molecule has 12 aromatic rings. The van der Waals surface area contributed by atoms with Crippen LogP contribution < -0.4 is 0 Å². The Morgan fingerprint density at radius 3 is 1.56 bits per heavy atom. The van der Waals surface area contributed by atoms with Gasteiger partial charge in [-0.2, -0.15) is 0 Å². The molecule has 0 saturated heterocycles. The van der Waals surface area contributed by atoms with Crippen molar-refractivity contribution in [3.63, 3.8) is 0 Å². The SMILES string of the molecule is CCc1ccccc1-c1ccc2c(-c3ccc(-n4c5ccc6ccccc6c5c5c6ccccc6ccc54)c4ccccc34)c3ccccc3c(-c3ccccc3)c2c1. The zero-order chi connectivity index (χ0) is 39.0. The molecule has 0 N–H and O–H groups in total. The van der Waals surface area contributed by atoms with Gasteiger partial charge in [-0.05, 0) is 118 Å². The van der Waals surface area contributed by atoms with Gasteiger partial charge in [0.25, 0.3) is 0 Å². The zero-order valence-corrected chi connectivity index (χ0v) is 32.8. The lowest BCUT2D eigenvalue weighted by molar-refractivity contribution is 1.14. The molecule has 1 heteroatoms. The van der Waals surface area contributed by atoms with E-state index in [2.05, 4.69) is 218 Å². The van der Waals surface area contributed by atoms with Gasteiger partial charge in [-0.25, -0.2) is 0 Å².